The fourth-order valence-corrected chi connectivity index (χ4v) is 2.80. The van der Waals surface area contributed by atoms with Gasteiger partial charge in [0.15, 0.2) is 6.54 Å². The van der Waals surface area contributed by atoms with Crippen LogP contribution in [0, 0.1) is 0 Å². The van der Waals surface area contributed by atoms with Crippen molar-refractivity contribution < 1.29 is 19.3 Å². The number of nitrogens with two attached hydrogens (primary N) is 1. The summed E-state index contributed by atoms with van der Waals surface area (Å²) in [5, 5.41) is 7.01. The number of quaternary nitrogens is 1. The number of carbonyl (C=O) groups is 2. The molecule has 1 heterocycles. The lowest BCUT2D eigenvalue weighted by atomic mass is 9.97. The number of imide groups is 1. The van der Waals surface area contributed by atoms with Crippen LogP contribution in [0.1, 0.15) is 50.7 Å². The van der Waals surface area contributed by atoms with Crippen LogP contribution in [0.5, 0.6) is 0 Å². The van der Waals surface area contributed by atoms with Crippen LogP contribution in [0.4, 0.5) is 4.79 Å². The summed E-state index contributed by atoms with van der Waals surface area (Å²) in [5.74, 6) is 0.405. The Labute approximate surface area is 131 Å². The minimum Gasteiger partial charge on any atom is -0.467 e. The van der Waals surface area contributed by atoms with Crippen molar-refractivity contribution in [1.82, 2.24) is 10.6 Å². The van der Waals surface area contributed by atoms with Crippen LogP contribution >= 0.6 is 0 Å². The van der Waals surface area contributed by atoms with Crippen LogP contribution in [-0.2, 0) is 11.3 Å². The topological polar surface area (TPSA) is 88.0 Å². The van der Waals surface area contributed by atoms with E-state index in [4.69, 9.17) is 4.42 Å². The van der Waals surface area contributed by atoms with Gasteiger partial charge in [0, 0.05) is 0 Å². The summed E-state index contributed by atoms with van der Waals surface area (Å²) in [6.07, 6.45) is 10.3. The number of hydrogen-bond acceptors (Lipinski definition) is 3. The molecule has 0 bridgehead atoms. The highest BCUT2D eigenvalue weighted by atomic mass is 16.3. The van der Waals surface area contributed by atoms with E-state index in [9.17, 15) is 9.59 Å². The molecule has 1 aliphatic rings. The second kappa shape index (κ2) is 9.25. The molecular weight excluding hydrogens is 282 g/mol. The van der Waals surface area contributed by atoms with Gasteiger partial charge in [-0.25, -0.2) is 4.79 Å². The zero-order valence-corrected chi connectivity index (χ0v) is 13.0. The molecule has 6 nitrogen and oxygen atoms in total. The van der Waals surface area contributed by atoms with Gasteiger partial charge in [-0.15, -0.1) is 0 Å². The van der Waals surface area contributed by atoms with Crippen LogP contribution in [0.2, 0.25) is 0 Å². The first-order valence-electron chi connectivity index (χ1n) is 8.17. The minimum atomic E-state index is -0.479. The SMILES string of the molecule is O=C(C[NH2+]C1CCCCCCC1)NC(=O)NCc1ccco1. The largest absolute Gasteiger partial charge is 0.467 e. The van der Waals surface area contributed by atoms with Crippen molar-refractivity contribution in [3.63, 3.8) is 0 Å². The van der Waals surface area contributed by atoms with Gasteiger partial charge in [0.1, 0.15) is 5.76 Å². The van der Waals surface area contributed by atoms with Gasteiger partial charge in [-0.3, -0.25) is 10.1 Å². The molecule has 0 saturated heterocycles. The second-order valence-electron chi connectivity index (χ2n) is 5.86. The van der Waals surface area contributed by atoms with Crippen LogP contribution in [0.3, 0.4) is 0 Å². The van der Waals surface area contributed by atoms with E-state index in [1.165, 1.54) is 32.1 Å². The van der Waals surface area contributed by atoms with E-state index >= 15 is 0 Å². The number of carbonyl (C=O) groups excluding carboxylic acids is 2. The molecule has 2 rings (SSSR count). The van der Waals surface area contributed by atoms with Crippen molar-refractivity contribution in [2.75, 3.05) is 6.54 Å². The minimum absolute atomic E-state index is 0.251. The van der Waals surface area contributed by atoms with Crippen LogP contribution in [-0.4, -0.2) is 24.5 Å². The van der Waals surface area contributed by atoms with Gasteiger partial charge in [0.05, 0.1) is 18.8 Å². The molecule has 0 aliphatic heterocycles. The lowest BCUT2D eigenvalue weighted by molar-refractivity contribution is -0.680. The Balaban J connectivity index is 1.60. The third kappa shape index (κ3) is 6.30. The van der Waals surface area contributed by atoms with E-state index in [2.05, 4.69) is 16.0 Å². The number of amides is 3. The van der Waals surface area contributed by atoms with Crippen LogP contribution < -0.4 is 16.0 Å². The van der Waals surface area contributed by atoms with E-state index in [-0.39, 0.29) is 12.5 Å². The Morgan fingerprint density at radius 3 is 2.59 bits per heavy atom. The predicted molar refractivity (Wildman–Crippen MR) is 82.0 cm³/mol. The fraction of sp³-hybridized carbons (Fsp3) is 0.625. The summed E-state index contributed by atoms with van der Waals surface area (Å²) in [6, 6.07) is 3.55. The zero-order chi connectivity index (χ0) is 15.6. The molecule has 1 aromatic heterocycles. The van der Waals surface area contributed by atoms with Crippen LogP contribution in [0.25, 0.3) is 0 Å². The Morgan fingerprint density at radius 2 is 1.91 bits per heavy atom. The highest BCUT2D eigenvalue weighted by Gasteiger charge is 2.16. The number of hydrogen-bond donors (Lipinski definition) is 3. The van der Waals surface area contributed by atoms with Gasteiger partial charge >= 0.3 is 6.03 Å². The maximum atomic E-state index is 11.8. The molecule has 0 radical (unpaired) electrons. The molecule has 0 unspecified atom stereocenters. The van der Waals surface area contributed by atoms with E-state index in [0.29, 0.717) is 18.3 Å². The van der Waals surface area contributed by atoms with Crippen molar-refractivity contribution >= 4 is 11.9 Å². The van der Waals surface area contributed by atoms with Gasteiger partial charge in [0.25, 0.3) is 5.91 Å². The van der Waals surface area contributed by atoms with Gasteiger partial charge in [0.2, 0.25) is 0 Å². The Bertz CT molecular complexity index is 451. The lowest BCUT2D eigenvalue weighted by Crippen LogP contribution is -2.92. The molecule has 3 amide bonds. The molecule has 1 aromatic rings. The third-order valence-corrected chi connectivity index (χ3v) is 4.04. The second-order valence-corrected chi connectivity index (χ2v) is 5.86. The van der Waals surface area contributed by atoms with Gasteiger partial charge < -0.3 is 15.1 Å². The maximum absolute atomic E-state index is 11.8. The average Bonchev–Trinajstić information content (AvgIpc) is 2.97. The highest BCUT2D eigenvalue weighted by Crippen LogP contribution is 2.14. The van der Waals surface area contributed by atoms with Crippen molar-refractivity contribution in [3.05, 3.63) is 24.2 Å². The first-order valence-corrected chi connectivity index (χ1v) is 8.17. The number of rotatable bonds is 5. The molecule has 0 aromatic carbocycles. The van der Waals surface area contributed by atoms with Crippen molar-refractivity contribution in [2.45, 2.75) is 57.5 Å². The Hall–Kier alpha value is -1.82. The Kier molecular flexibility index (Phi) is 6.96. The first-order chi connectivity index (χ1) is 10.7. The summed E-state index contributed by atoms with van der Waals surface area (Å²) >= 11 is 0. The predicted octanol–water partition coefficient (Wildman–Crippen LogP) is 1.28. The first kappa shape index (κ1) is 16.5. The summed E-state index contributed by atoms with van der Waals surface area (Å²) in [5.41, 5.74) is 0. The molecule has 4 N–H and O–H groups in total. The summed E-state index contributed by atoms with van der Waals surface area (Å²) in [7, 11) is 0. The summed E-state index contributed by atoms with van der Waals surface area (Å²) in [4.78, 5) is 23.4. The van der Waals surface area contributed by atoms with Crippen molar-refractivity contribution in [3.8, 4) is 0 Å². The van der Waals surface area contributed by atoms with E-state index in [1.807, 2.05) is 0 Å². The van der Waals surface area contributed by atoms with E-state index < -0.39 is 6.03 Å². The fourth-order valence-electron chi connectivity index (χ4n) is 2.80. The van der Waals surface area contributed by atoms with Gasteiger partial charge in [-0.2, -0.15) is 0 Å². The monoisotopic (exact) mass is 308 g/mol. The molecule has 1 saturated carbocycles. The molecule has 6 heteroatoms. The summed E-state index contributed by atoms with van der Waals surface area (Å²) in [6.45, 7) is 0.581. The lowest BCUT2D eigenvalue weighted by Gasteiger charge is -2.17. The smallest absolute Gasteiger partial charge is 0.321 e. The molecule has 0 spiro atoms. The highest BCUT2D eigenvalue weighted by molar-refractivity contribution is 5.94. The quantitative estimate of drug-likeness (QED) is 0.765. The number of nitrogens with one attached hydrogen (secondary N) is 2. The molecule has 122 valence electrons. The molecule has 22 heavy (non-hydrogen) atoms. The van der Waals surface area contributed by atoms with Gasteiger partial charge in [-0.1, -0.05) is 19.3 Å². The van der Waals surface area contributed by atoms with E-state index in [0.717, 1.165) is 12.8 Å². The normalized spacial score (nSPS) is 16.5. The molecule has 1 aliphatic carbocycles. The maximum Gasteiger partial charge on any atom is 0.321 e. The molecule has 1 fully saturated rings. The molecular formula is C16H26N3O3+. The van der Waals surface area contributed by atoms with E-state index in [1.54, 1.807) is 18.4 Å². The Morgan fingerprint density at radius 1 is 1.18 bits per heavy atom. The standard InChI is InChI=1S/C16H25N3O3/c20-15(12-17-13-7-4-2-1-3-5-8-13)19-16(21)18-11-14-9-6-10-22-14/h6,9-10,13,17H,1-5,7-8,11-12H2,(H2,18,19,20,21)/p+1. The van der Waals surface area contributed by atoms with Crippen molar-refractivity contribution in [1.29, 1.82) is 0 Å². The number of urea groups is 1. The van der Waals surface area contributed by atoms with Crippen LogP contribution in [0.15, 0.2) is 22.8 Å². The zero-order valence-electron chi connectivity index (χ0n) is 13.0. The average molecular weight is 308 g/mol. The molecule has 0 atom stereocenters. The summed E-state index contributed by atoms with van der Waals surface area (Å²) < 4.78 is 5.10. The van der Waals surface area contributed by atoms with Crippen molar-refractivity contribution in [2.24, 2.45) is 0 Å². The van der Waals surface area contributed by atoms with Gasteiger partial charge in [-0.05, 0) is 37.8 Å². The third-order valence-electron chi connectivity index (χ3n) is 4.04. The number of furan rings is 1.